The third-order valence-corrected chi connectivity index (χ3v) is 7.00. The lowest BCUT2D eigenvalue weighted by Crippen LogP contribution is -2.39. The number of fused-ring (bicyclic) bond motifs is 1. The van der Waals surface area contributed by atoms with Crippen molar-refractivity contribution in [2.45, 2.75) is 25.7 Å². The number of esters is 1. The number of alkyl halides is 3. The second-order valence-corrected chi connectivity index (χ2v) is 9.41. The van der Waals surface area contributed by atoms with E-state index >= 15 is 0 Å². The Morgan fingerprint density at radius 3 is 2.52 bits per heavy atom. The molecule has 1 aliphatic rings. The molecule has 3 heterocycles. The first-order valence-electron chi connectivity index (χ1n) is 12.6. The fourth-order valence-corrected chi connectivity index (χ4v) is 5.04. The predicted molar refractivity (Wildman–Crippen MR) is 143 cm³/mol. The van der Waals surface area contributed by atoms with Crippen LogP contribution < -0.4 is 19.9 Å². The fraction of sp³-hybridized carbons (Fsp3) is 0.207. The Hall–Kier alpha value is -5.38. The number of nitrogens with one attached hydrogen (secondary N) is 1. The van der Waals surface area contributed by atoms with Crippen molar-refractivity contribution in [1.82, 2.24) is 14.8 Å². The molecule has 0 fully saturated rings. The van der Waals surface area contributed by atoms with Crippen LogP contribution in [-0.4, -0.2) is 35.0 Å². The zero-order valence-electron chi connectivity index (χ0n) is 22.6. The number of nitrogens with zero attached hydrogens (tertiary/aromatic N) is 5. The number of carbonyl (C=O) groups excluding carboxylic acids is 1. The van der Waals surface area contributed by atoms with Gasteiger partial charge in [-0.3, -0.25) is 4.90 Å². The highest BCUT2D eigenvalue weighted by Crippen LogP contribution is 2.43. The van der Waals surface area contributed by atoms with E-state index in [1.807, 2.05) is 4.57 Å². The summed E-state index contributed by atoms with van der Waals surface area (Å²) in [6, 6.07) is 13.9. The van der Waals surface area contributed by atoms with E-state index in [1.165, 1.54) is 28.7 Å². The number of methoxy groups -OCH3 is 2. The molecule has 0 spiro atoms. The van der Waals surface area contributed by atoms with Gasteiger partial charge in [-0.15, -0.1) is 5.10 Å². The summed E-state index contributed by atoms with van der Waals surface area (Å²) < 4.78 is 54.1. The Balaban J connectivity index is 1.74. The van der Waals surface area contributed by atoms with E-state index in [0.29, 0.717) is 22.4 Å². The molecule has 4 aromatic rings. The largest absolute Gasteiger partial charge is 0.496 e. The number of allylic oxidation sites excluding steroid dienone is 1. The Morgan fingerprint density at radius 2 is 1.88 bits per heavy atom. The van der Waals surface area contributed by atoms with Crippen LogP contribution in [0.25, 0.3) is 0 Å². The molecule has 214 valence electrons. The van der Waals surface area contributed by atoms with Crippen molar-refractivity contribution >= 4 is 17.6 Å². The van der Waals surface area contributed by atoms with E-state index in [0.717, 1.165) is 12.1 Å². The molecule has 0 amide bonds. The Labute approximate surface area is 237 Å². The summed E-state index contributed by atoms with van der Waals surface area (Å²) in [6.45, 7) is 1.79. The van der Waals surface area contributed by atoms with Crippen molar-refractivity contribution in [3.63, 3.8) is 0 Å². The quantitative estimate of drug-likeness (QED) is 0.272. The molecule has 42 heavy (non-hydrogen) atoms. The summed E-state index contributed by atoms with van der Waals surface area (Å²) in [4.78, 5) is 27.9. The molecule has 0 aliphatic carbocycles. The van der Waals surface area contributed by atoms with Gasteiger partial charge in [0.05, 0.1) is 37.0 Å². The van der Waals surface area contributed by atoms with Crippen LogP contribution in [0.2, 0.25) is 0 Å². The SMILES string of the molecule is COC(=O)C1=C(C)N(c2cccc(C(F)(F)F)c2)c2n[nH]c(=O)n2C1c1ccc(C#N)cc1C[n+]1ccc(OC)cc1. The number of aromatic amines is 1. The second-order valence-electron chi connectivity index (χ2n) is 9.41. The van der Waals surface area contributed by atoms with Gasteiger partial charge in [-0.2, -0.15) is 18.4 Å². The lowest BCUT2D eigenvalue weighted by molar-refractivity contribution is -0.688. The standard InChI is InChI=1S/C29H23F3N6O4/c1-17-24(26(39)42-3)25(23-8-7-18(15-33)13-19(23)16-36-11-9-22(41-2)10-12-36)38-27(34-35-28(38)40)37(17)21-6-4-5-20(14-21)29(30,31)32/h4-14,25H,16H2,1-3H3/p+1. The number of nitriles is 1. The number of hydrogen-bond donors (Lipinski definition) is 1. The van der Waals surface area contributed by atoms with Gasteiger partial charge < -0.3 is 9.47 Å². The first-order chi connectivity index (χ1) is 20.1. The summed E-state index contributed by atoms with van der Waals surface area (Å²) in [5.41, 5.74) is 0.0981. The third kappa shape index (κ3) is 4.98. The molecule has 10 nitrogen and oxygen atoms in total. The molecule has 1 N–H and O–H groups in total. The molecule has 1 atom stereocenters. The van der Waals surface area contributed by atoms with Crippen molar-refractivity contribution in [3.8, 4) is 11.8 Å². The molecule has 1 unspecified atom stereocenters. The number of aromatic nitrogens is 4. The van der Waals surface area contributed by atoms with Gasteiger partial charge in [0.25, 0.3) is 0 Å². The maximum atomic E-state index is 13.6. The minimum Gasteiger partial charge on any atom is -0.496 e. The van der Waals surface area contributed by atoms with Crippen LogP contribution in [0.4, 0.5) is 24.8 Å². The number of benzene rings is 2. The van der Waals surface area contributed by atoms with Gasteiger partial charge in [0, 0.05) is 29.1 Å². The van der Waals surface area contributed by atoms with Gasteiger partial charge in [0.2, 0.25) is 5.95 Å². The van der Waals surface area contributed by atoms with Gasteiger partial charge in [0.15, 0.2) is 18.9 Å². The van der Waals surface area contributed by atoms with Crippen molar-refractivity contribution in [1.29, 1.82) is 5.26 Å². The van der Waals surface area contributed by atoms with Crippen molar-refractivity contribution in [2.24, 2.45) is 0 Å². The summed E-state index contributed by atoms with van der Waals surface area (Å²) in [5, 5.41) is 16.1. The zero-order chi connectivity index (χ0) is 30.2. The molecule has 1 aliphatic heterocycles. The Kier molecular flexibility index (Phi) is 7.30. The molecule has 5 rings (SSSR count). The Bertz CT molecular complexity index is 1800. The smallest absolute Gasteiger partial charge is 0.416 e. The third-order valence-electron chi connectivity index (χ3n) is 7.00. The topological polar surface area (TPSA) is 117 Å². The van der Waals surface area contributed by atoms with Crippen LogP contribution in [0.3, 0.4) is 0 Å². The van der Waals surface area contributed by atoms with E-state index < -0.39 is 29.4 Å². The van der Waals surface area contributed by atoms with E-state index in [4.69, 9.17) is 9.47 Å². The summed E-state index contributed by atoms with van der Waals surface area (Å²) in [5.74, 6) is -0.178. The van der Waals surface area contributed by atoms with E-state index in [2.05, 4.69) is 16.3 Å². The van der Waals surface area contributed by atoms with Crippen LogP contribution in [0.15, 0.2) is 83.1 Å². The first kappa shape index (κ1) is 28.2. The van der Waals surface area contributed by atoms with Crippen LogP contribution in [0.1, 0.15) is 35.2 Å². The number of carbonyl (C=O) groups is 1. The number of ether oxygens (including phenoxy) is 2. The van der Waals surface area contributed by atoms with Crippen LogP contribution >= 0.6 is 0 Å². The second kappa shape index (κ2) is 10.9. The molecule has 13 heteroatoms. The van der Waals surface area contributed by atoms with Crippen LogP contribution in [-0.2, 0) is 22.3 Å². The lowest BCUT2D eigenvalue weighted by atomic mass is 9.90. The summed E-state index contributed by atoms with van der Waals surface area (Å²) >= 11 is 0. The van der Waals surface area contributed by atoms with Crippen molar-refractivity contribution in [2.75, 3.05) is 19.1 Å². The highest BCUT2D eigenvalue weighted by molar-refractivity contribution is 5.93. The fourth-order valence-electron chi connectivity index (χ4n) is 5.04. The molecule has 2 aromatic heterocycles. The number of rotatable bonds is 6. The van der Waals surface area contributed by atoms with Gasteiger partial charge in [-0.05, 0) is 42.8 Å². The number of halogens is 3. The van der Waals surface area contributed by atoms with Crippen molar-refractivity contribution < 1.29 is 32.0 Å². The maximum Gasteiger partial charge on any atom is 0.416 e. The number of anilines is 2. The summed E-state index contributed by atoms with van der Waals surface area (Å²) in [7, 11) is 2.72. The first-order valence-corrected chi connectivity index (χ1v) is 12.6. The van der Waals surface area contributed by atoms with E-state index in [9.17, 15) is 28.0 Å². The number of hydrogen-bond acceptors (Lipinski definition) is 7. The van der Waals surface area contributed by atoms with Gasteiger partial charge >= 0.3 is 17.8 Å². The molecule has 0 saturated heterocycles. The molecular weight excluding hydrogens is 553 g/mol. The number of pyridine rings is 1. The van der Waals surface area contributed by atoms with E-state index in [-0.39, 0.29) is 29.5 Å². The highest BCUT2D eigenvalue weighted by Gasteiger charge is 2.41. The van der Waals surface area contributed by atoms with Crippen LogP contribution in [0.5, 0.6) is 5.75 Å². The van der Waals surface area contributed by atoms with Crippen molar-refractivity contribution in [3.05, 3.63) is 111 Å². The van der Waals surface area contributed by atoms with Gasteiger partial charge in [-0.1, -0.05) is 12.1 Å². The van der Waals surface area contributed by atoms with E-state index in [1.54, 1.807) is 56.8 Å². The minimum absolute atomic E-state index is 0.0107. The highest BCUT2D eigenvalue weighted by atomic mass is 19.4. The monoisotopic (exact) mass is 577 g/mol. The molecule has 0 radical (unpaired) electrons. The summed E-state index contributed by atoms with van der Waals surface area (Å²) in [6.07, 6.45) is -1.08. The molecule has 2 aromatic carbocycles. The van der Waals surface area contributed by atoms with Gasteiger partial charge in [0.1, 0.15) is 11.8 Å². The molecule has 0 saturated carbocycles. The minimum atomic E-state index is -4.63. The average molecular weight is 578 g/mol. The normalized spacial score (nSPS) is 14.8. The predicted octanol–water partition coefficient (Wildman–Crippen LogP) is 3.99. The Morgan fingerprint density at radius 1 is 1.14 bits per heavy atom. The van der Waals surface area contributed by atoms with Crippen LogP contribution in [0, 0.1) is 11.3 Å². The average Bonchev–Trinajstić information content (AvgIpc) is 3.36. The zero-order valence-corrected chi connectivity index (χ0v) is 22.6. The lowest BCUT2D eigenvalue weighted by Gasteiger charge is -2.36. The molecular formula is C29H24F3N6O4+. The van der Waals surface area contributed by atoms with Gasteiger partial charge in [-0.25, -0.2) is 23.8 Å². The maximum absolute atomic E-state index is 13.6. The molecule has 0 bridgehead atoms. The number of H-pyrrole nitrogens is 1.